The van der Waals surface area contributed by atoms with Gasteiger partial charge in [0, 0.05) is 10.6 Å². The Hall–Kier alpha value is -1.01. The molecule has 1 atom stereocenters. The molecule has 0 aliphatic carbocycles. The van der Waals surface area contributed by atoms with Crippen molar-refractivity contribution in [3.05, 3.63) is 29.8 Å². The molecule has 0 fully saturated rings. The molecule has 0 saturated heterocycles. The third-order valence-electron chi connectivity index (χ3n) is 1.48. The number of alkyl halides is 1. The van der Waals surface area contributed by atoms with Gasteiger partial charge in [-0.3, -0.25) is 0 Å². The third-order valence-corrected chi connectivity index (χ3v) is 2.77. The van der Waals surface area contributed by atoms with Crippen LogP contribution in [0.1, 0.15) is 12.5 Å². The lowest BCUT2D eigenvalue weighted by Gasteiger charge is -2.03. The Morgan fingerprint density at radius 3 is 2.85 bits per heavy atom. The van der Waals surface area contributed by atoms with Crippen LogP contribution in [0.15, 0.2) is 29.2 Å². The van der Waals surface area contributed by atoms with Crippen molar-refractivity contribution in [3.63, 3.8) is 0 Å². The summed E-state index contributed by atoms with van der Waals surface area (Å²) in [6.45, 7) is 1.52. The summed E-state index contributed by atoms with van der Waals surface area (Å²) in [6.07, 6.45) is -0.836. The normalized spacial score (nSPS) is 12.1. The summed E-state index contributed by atoms with van der Waals surface area (Å²) in [5, 5.41) is 8.73. The molecular weight excluding hydrogens is 185 g/mol. The quantitative estimate of drug-likeness (QED) is 0.692. The van der Waals surface area contributed by atoms with Gasteiger partial charge in [-0.15, -0.1) is 11.8 Å². The minimum absolute atomic E-state index is 0.401. The van der Waals surface area contributed by atoms with E-state index in [1.54, 1.807) is 6.07 Å². The molecule has 1 rings (SSSR count). The predicted molar refractivity (Wildman–Crippen MR) is 52.5 cm³/mol. The van der Waals surface area contributed by atoms with E-state index in [9.17, 15) is 4.39 Å². The molecule has 3 heteroatoms. The lowest BCUT2D eigenvalue weighted by Crippen LogP contribution is -1.95. The molecule has 0 aliphatic heterocycles. The Morgan fingerprint density at radius 2 is 2.23 bits per heavy atom. The van der Waals surface area contributed by atoms with E-state index < -0.39 is 6.17 Å². The van der Waals surface area contributed by atoms with Crippen LogP contribution in [0, 0.1) is 11.3 Å². The molecular formula is C10H10FNS. The summed E-state index contributed by atoms with van der Waals surface area (Å²) in [5.74, 6) is 0.401. The van der Waals surface area contributed by atoms with Gasteiger partial charge in [-0.1, -0.05) is 12.1 Å². The summed E-state index contributed by atoms with van der Waals surface area (Å²) in [5.41, 5.74) is 0.619. The van der Waals surface area contributed by atoms with Crippen molar-refractivity contribution in [1.82, 2.24) is 0 Å². The average Bonchev–Trinajstić information content (AvgIpc) is 2.15. The van der Waals surface area contributed by atoms with Gasteiger partial charge < -0.3 is 0 Å². The summed E-state index contributed by atoms with van der Waals surface area (Å²) >= 11 is 1.38. The van der Waals surface area contributed by atoms with Crippen molar-refractivity contribution in [2.45, 2.75) is 18.0 Å². The SMILES string of the molecule is CC(F)CSc1ccccc1C#N. The second kappa shape index (κ2) is 4.88. The average molecular weight is 195 g/mol. The van der Waals surface area contributed by atoms with Gasteiger partial charge in [-0.05, 0) is 19.1 Å². The van der Waals surface area contributed by atoms with Crippen LogP contribution in [-0.2, 0) is 0 Å². The largest absolute Gasteiger partial charge is 0.247 e. The molecule has 1 aromatic carbocycles. The zero-order valence-corrected chi connectivity index (χ0v) is 8.14. The number of hydrogen-bond donors (Lipinski definition) is 0. The fourth-order valence-corrected chi connectivity index (χ4v) is 1.74. The predicted octanol–water partition coefficient (Wildman–Crippen LogP) is 3.01. The molecule has 0 N–H and O–H groups in total. The van der Waals surface area contributed by atoms with Gasteiger partial charge in [0.2, 0.25) is 0 Å². The first kappa shape index (κ1) is 10.1. The van der Waals surface area contributed by atoms with Crippen molar-refractivity contribution in [3.8, 4) is 6.07 Å². The number of halogens is 1. The lowest BCUT2D eigenvalue weighted by atomic mass is 10.2. The van der Waals surface area contributed by atoms with Gasteiger partial charge >= 0.3 is 0 Å². The molecule has 0 heterocycles. The van der Waals surface area contributed by atoms with Crippen molar-refractivity contribution in [1.29, 1.82) is 5.26 Å². The van der Waals surface area contributed by atoms with Gasteiger partial charge in [-0.2, -0.15) is 5.26 Å². The van der Waals surface area contributed by atoms with Crippen LogP contribution in [0.25, 0.3) is 0 Å². The van der Waals surface area contributed by atoms with Crippen LogP contribution < -0.4 is 0 Å². The minimum atomic E-state index is -0.836. The third kappa shape index (κ3) is 3.08. The maximum Gasteiger partial charge on any atom is 0.107 e. The van der Waals surface area contributed by atoms with Crippen molar-refractivity contribution in [2.75, 3.05) is 5.75 Å². The van der Waals surface area contributed by atoms with E-state index in [1.165, 1.54) is 18.7 Å². The summed E-state index contributed by atoms with van der Waals surface area (Å²) in [4.78, 5) is 0.856. The fourth-order valence-electron chi connectivity index (χ4n) is 0.889. The van der Waals surface area contributed by atoms with E-state index in [4.69, 9.17) is 5.26 Å². The summed E-state index contributed by atoms with van der Waals surface area (Å²) in [7, 11) is 0. The number of thioether (sulfide) groups is 1. The van der Waals surface area contributed by atoms with Crippen LogP contribution >= 0.6 is 11.8 Å². The highest BCUT2D eigenvalue weighted by molar-refractivity contribution is 7.99. The van der Waals surface area contributed by atoms with Crippen molar-refractivity contribution in [2.24, 2.45) is 0 Å². The Bertz CT molecular complexity index is 317. The van der Waals surface area contributed by atoms with E-state index in [0.29, 0.717) is 11.3 Å². The maximum absolute atomic E-state index is 12.5. The van der Waals surface area contributed by atoms with Gasteiger partial charge in [-0.25, -0.2) is 4.39 Å². The highest BCUT2D eigenvalue weighted by Gasteiger charge is 2.03. The first-order valence-electron chi connectivity index (χ1n) is 4.00. The molecule has 0 saturated carbocycles. The second-order valence-electron chi connectivity index (χ2n) is 2.70. The molecule has 0 spiro atoms. The number of nitriles is 1. The number of benzene rings is 1. The number of rotatable bonds is 3. The Morgan fingerprint density at radius 1 is 1.54 bits per heavy atom. The standard InChI is InChI=1S/C10H10FNS/c1-8(11)7-13-10-5-3-2-4-9(10)6-12/h2-5,8H,7H2,1H3. The molecule has 0 amide bonds. The van der Waals surface area contributed by atoms with Gasteiger partial charge in [0.25, 0.3) is 0 Å². The minimum Gasteiger partial charge on any atom is -0.247 e. The number of hydrogen-bond acceptors (Lipinski definition) is 2. The summed E-state index contributed by atoms with van der Waals surface area (Å²) < 4.78 is 12.5. The molecule has 0 bridgehead atoms. The first-order valence-corrected chi connectivity index (χ1v) is 4.98. The zero-order valence-electron chi connectivity index (χ0n) is 7.33. The van der Waals surface area contributed by atoms with E-state index in [1.807, 2.05) is 18.2 Å². The van der Waals surface area contributed by atoms with E-state index >= 15 is 0 Å². The molecule has 0 aromatic heterocycles. The number of nitrogens with zero attached hydrogens (tertiary/aromatic N) is 1. The zero-order chi connectivity index (χ0) is 9.68. The van der Waals surface area contributed by atoms with Crippen LogP contribution in [0.4, 0.5) is 4.39 Å². The molecule has 1 unspecified atom stereocenters. The second-order valence-corrected chi connectivity index (χ2v) is 3.76. The highest BCUT2D eigenvalue weighted by Crippen LogP contribution is 2.22. The molecule has 0 aliphatic rings. The van der Waals surface area contributed by atoms with Gasteiger partial charge in [0.05, 0.1) is 5.56 Å². The molecule has 0 radical (unpaired) electrons. The van der Waals surface area contributed by atoms with E-state index in [-0.39, 0.29) is 0 Å². The smallest absolute Gasteiger partial charge is 0.107 e. The van der Waals surface area contributed by atoms with Crippen molar-refractivity contribution >= 4 is 11.8 Å². The molecule has 13 heavy (non-hydrogen) atoms. The lowest BCUT2D eigenvalue weighted by molar-refractivity contribution is 0.398. The summed E-state index contributed by atoms with van der Waals surface area (Å²) in [6, 6.07) is 9.32. The van der Waals surface area contributed by atoms with E-state index in [2.05, 4.69) is 6.07 Å². The van der Waals surface area contributed by atoms with Crippen molar-refractivity contribution < 1.29 is 4.39 Å². The molecule has 1 nitrogen and oxygen atoms in total. The van der Waals surface area contributed by atoms with Crippen LogP contribution in [0.2, 0.25) is 0 Å². The van der Waals surface area contributed by atoms with Crippen LogP contribution in [0.5, 0.6) is 0 Å². The van der Waals surface area contributed by atoms with E-state index in [0.717, 1.165) is 4.90 Å². The maximum atomic E-state index is 12.5. The Kier molecular flexibility index (Phi) is 3.78. The van der Waals surface area contributed by atoms with Crippen LogP contribution in [0.3, 0.4) is 0 Å². The highest BCUT2D eigenvalue weighted by atomic mass is 32.2. The molecule has 68 valence electrons. The Balaban J connectivity index is 2.71. The Labute approximate surface area is 81.6 Å². The fraction of sp³-hybridized carbons (Fsp3) is 0.300. The topological polar surface area (TPSA) is 23.8 Å². The monoisotopic (exact) mass is 195 g/mol. The first-order chi connectivity index (χ1) is 6.24. The van der Waals surface area contributed by atoms with Crippen LogP contribution in [-0.4, -0.2) is 11.9 Å². The van der Waals surface area contributed by atoms with Gasteiger partial charge in [0.15, 0.2) is 0 Å². The molecule has 1 aromatic rings. The van der Waals surface area contributed by atoms with Gasteiger partial charge in [0.1, 0.15) is 12.2 Å².